The molecule has 2 N–H and O–H groups in total. The average molecular weight is 439 g/mol. The van der Waals surface area contributed by atoms with Gasteiger partial charge in [0, 0.05) is 5.92 Å². The highest BCUT2D eigenvalue weighted by atomic mass is 16.5. The van der Waals surface area contributed by atoms with Crippen LogP contribution in [-0.4, -0.2) is 43.8 Å². The van der Waals surface area contributed by atoms with Gasteiger partial charge in [-0.05, 0) is 41.5 Å². The molecule has 7 heteroatoms. The number of fused-ring (bicyclic) bond motifs is 3. The number of alkyl carbamates (subject to hydrolysis) is 1. The summed E-state index contributed by atoms with van der Waals surface area (Å²) in [6.07, 6.45) is -0.261. The Hall–Kier alpha value is -3.35. The minimum atomic E-state index is -0.822. The highest BCUT2D eigenvalue weighted by Gasteiger charge is 2.30. The van der Waals surface area contributed by atoms with E-state index in [9.17, 15) is 14.4 Å². The summed E-state index contributed by atoms with van der Waals surface area (Å²) in [4.78, 5) is 36.9. The molecule has 3 rings (SSSR count). The van der Waals surface area contributed by atoms with E-state index >= 15 is 0 Å². The van der Waals surface area contributed by atoms with Gasteiger partial charge in [-0.15, -0.1) is 0 Å². The molecule has 0 saturated heterocycles. The number of carbonyl (C=O) groups excluding carboxylic acids is 3. The fourth-order valence-electron chi connectivity index (χ4n) is 4.03. The fourth-order valence-corrected chi connectivity index (χ4v) is 4.03. The number of methoxy groups -OCH3 is 1. The van der Waals surface area contributed by atoms with E-state index in [2.05, 4.69) is 27.5 Å². The van der Waals surface area contributed by atoms with Crippen molar-refractivity contribution in [2.75, 3.05) is 13.7 Å². The third kappa shape index (κ3) is 5.28. The molecular weight excluding hydrogens is 408 g/mol. The highest BCUT2D eigenvalue weighted by molar-refractivity contribution is 5.89. The van der Waals surface area contributed by atoms with Gasteiger partial charge in [-0.1, -0.05) is 62.4 Å². The maximum atomic E-state index is 12.6. The lowest BCUT2D eigenvalue weighted by molar-refractivity contribution is -0.144. The Morgan fingerprint density at radius 1 is 0.906 bits per heavy atom. The zero-order valence-corrected chi connectivity index (χ0v) is 18.9. The van der Waals surface area contributed by atoms with Crippen LogP contribution < -0.4 is 10.6 Å². The molecule has 0 bridgehead atoms. The predicted molar refractivity (Wildman–Crippen MR) is 121 cm³/mol. The van der Waals surface area contributed by atoms with E-state index in [-0.39, 0.29) is 18.4 Å². The largest absolute Gasteiger partial charge is 0.467 e. The molecule has 1 aliphatic carbocycles. The van der Waals surface area contributed by atoms with Crippen molar-refractivity contribution in [3.05, 3.63) is 59.7 Å². The van der Waals surface area contributed by atoms with Crippen LogP contribution in [0.25, 0.3) is 11.1 Å². The number of benzene rings is 2. The summed E-state index contributed by atoms with van der Waals surface area (Å²) in [5, 5.41) is 5.24. The molecule has 2 atom stereocenters. The third-order valence-corrected chi connectivity index (χ3v) is 5.57. The second-order valence-corrected chi connectivity index (χ2v) is 8.41. The summed E-state index contributed by atoms with van der Waals surface area (Å²) in [7, 11) is 1.26. The normalized spacial score (nSPS) is 14.2. The Labute approximate surface area is 188 Å². The number of rotatable bonds is 8. The van der Waals surface area contributed by atoms with E-state index < -0.39 is 30.1 Å². The number of amides is 2. The average Bonchev–Trinajstić information content (AvgIpc) is 3.10. The van der Waals surface area contributed by atoms with Crippen LogP contribution in [0.3, 0.4) is 0 Å². The molecule has 2 aromatic carbocycles. The van der Waals surface area contributed by atoms with Crippen LogP contribution in [0.4, 0.5) is 4.79 Å². The van der Waals surface area contributed by atoms with E-state index in [1.165, 1.54) is 14.0 Å². The Morgan fingerprint density at radius 2 is 1.47 bits per heavy atom. The van der Waals surface area contributed by atoms with Gasteiger partial charge in [-0.2, -0.15) is 0 Å². The van der Waals surface area contributed by atoms with Crippen molar-refractivity contribution in [2.45, 2.75) is 45.2 Å². The van der Waals surface area contributed by atoms with E-state index in [4.69, 9.17) is 4.74 Å². The molecule has 0 radical (unpaired) electrons. The zero-order valence-electron chi connectivity index (χ0n) is 18.9. The molecule has 0 unspecified atom stereocenters. The first-order chi connectivity index (χ1) is 15.3. The standard InChI is InChI=1S/C25H30N2O5/c1-15(2)13-22(23(28)26-16(3)24(29)31-4)27-25(30)32-14-21-19-11-7-5-9-17(19)18-10-6-8-12-20(18)21/h5-12,15-16,21-22H,13-14H2,1-4H3,(H,26,28)(H,27,30)/t16-,22-/m0/s1. The fraction of sp³-hybridized carbons (Fsp3) is 0.400. The summed E-state index contributed by atoms with van der Waals surface area (Å²) < 4.78 is 10.2. The molecule has 0 spiro atoms. The summed E-state index contributed by atoms with van der Waals surface area (Å²) in [5.41, 5.74) is 4.52. The second kappa shape index (κ2) is 10.3. The van der Waals surface area contributed by atoms with Gasteiger partial charge in [0.1, 0.15) is 18.7 Å². The number of hydrogen-bond acceptors (Lipinski definition) is 5. The van der Waals surface area contributed by atoms with Gasteiger partial charge in [0.25, 0.3) is 0 Å². The topological polar surface area (TPSA) is 93.7 Å². The number of nitrogens with one attached hydrogen (secondary N) is 2. The van der Waals surface area contributed by atoms with Gasteiger partial charge in [-0.3, -0.25) is 4.79 Å². The van der Waals surface area contributed by atoms with Crippen LogP contribution in [0.15, 0.2) is 48.5 Å². The van der Waals surface area contributed by atoms with Crippen molar-refractivity contribution in [3.63, 3.8) is 0 Å². The van der Waals surface area contributed by atoms with Crippen molar-refractivity contribution in [1.82, 2.24) is 10.6 Å². The van der Waals surface area contributed by atoms with Gasteiger partial charge < -0.3 is 20.1 Å². The molecule has 0 aliphatic heterocycles. The minimum absolute atomic E-state index is 0.0649. The molecule has 0 saturated carbocycles. The SMILES string of the molecule is COC(=O)[C@H](C)NC(=O)[C@H](CC(C)C)NC(=O)OCC1c2ccccc2-c2ccccc21. The maximum absolute atomic E-state index is 12.6. The van der Waals surface area contributed by atoms with Crippen LogP contribution in [-0.2, 0) is 19.1 Å². The van der Waals surface area contributed by atoms with E-state index in [0.717, 1.165) is 22.3 Å². The molecule has 7 nitrogen and oxygen atoms in total. The molecule has 2 aromatic rings. The number of esters is 1. The summed E-state index contributed by atoms with van der Waals surface area (Å²) in [5.74, 6) is -0.925. The van der Waals surface area contributed by atoms with Crippen LogP contribution in [0, 0.1) is 5.92 Å². The molecule has 0 aromatic heterocycles. The number of carbonyl (C=O) groups is 3. The monoisotopic (exact) mass is 438 g/mol. The van der Waals surface area contributed by atoms with Gasteiger partial charge in [0.05, 0.1) is 7.11 Å². The lowest BCUT2D eigenvalue weighted by Gasteiger charge is -2.22. The van der Waals surface area contributed by atoms with Crippen LogP contribution in [0.2, 0.25) is 0 Å². The Balaban J connectivity index is 1.65. The first-order valence-electron chi connectivity index (χ1n) is 10.8. The van der Waals surface area contributed by atoms with Crippen molar-refractivity contribution in [3.8, 4) is 11.1 Å². The summed E-state index contributed by atoms with van der Waals surface area (Å²) in [6.45, 7) is 5.59. The molecular formula is C25H30N2O5. The summed E-state index contributed by atoms with van der Waals surface area (Å²) in [6, 6.07) is 14.5. The lowest BCUT2D eigenvalue weighted by atomic mass is 9.98. The number of ether oxygens (including phenoxy) is 2. The number of hydrogen-bond donors (Lipinski definition) is 2. The first-order valence-corrected chi connectivity index (χ1v) is 10.8. The second-order valence-electron chi connectivity index (χ2n) is 8.41. The lowest BCUT2D eigenvalue weighted by Crippen LogP contribution is -2.51. The minimum Gasteiger partial charge on any atom is -0.467 e. The highest BCUT2D eigenvalue weighted by Crippen LogP contribution is 2.44. The van der Waals surface area contributed by atoms with Crippen LogP contribution in [0.5, 0.6) is 0 Å². The molecule has 1 aliphatic rings. The van der Waals surface area contributed by atoms with E-state index in [0.29, 0.717) is 6.42 Å². The van der Waals surface area contributed by atoms with Crippen LogP contribution in [0.1, 0.15) is 44.2 Å². The van der Waals surface area contributed by atoms with Crippen molar-refractivity contribution in [2.24, 2.45) is 5.92 Å². The molecule has 0 heterocycles. The van der Waals surface area contributed by atoms with Gasteiger partial charge in [0.15, 0.2) is 0 Å². The Bertz CT molecular complexity index is 942. The van der Waals surface area contributed by atoms with E-state index in [1.807, 2.05) is 50.2 Å². The summed E-state index contributed by atoms with van der Waals surface area (Å²) >= 11 is 0. The first kappa shape index (κ1) is 23.3. The Morgan fingerprint density at radius 3 is 2.00 bits per heavy atom. The molecule has 170 valence electrons. The molecule has 32 heavy (non-hydrogen) atoms. The zero-order chi connectivity index (χ0) is 23.3. The van der Waals surface area contributed by atoms with Gasteiger partial charge in [-0.25, -0.2) is 9.59 Å². The van der Waals surface area contributed by atoms with Crippen molar-refractivity contribution >= 4 is 18.0 Å². The molecule has 2 amide bonds. The van der Waals surface area contributed by atoms with Crippen molar-refractivity contribution < 1.29 is 23.9 Å². The van der Waals surface area contributed by atoms with Crippen molar-refractivity contribution in [1.29, 1.82) is 0 Å². The van der Waals surface area contributed by atoms with Crippen LogP contribution >= 0.6 is 0 Å². The Kier molecular flexibility index (Phi) is 7.51. The third-order valence-electron chi connectivity index (χ3n) is 5.57. The quantitative estimate of drug-likeness (QED) is 0.614. The smallest absolute Gasteiger partial charge is 0.407 e. The predicted octanol–water partition coefficient (Wildman–Crippen LogP) is 3.62. The van der Waals surface area contributed by atoms with E-state index in [1.54, 1.807) is 0 Å². The van der Waals surface area contributed by atoms with Gasteiger partial charge in [0.2, 0.25) is 5.91 Å². The van der Waals surface area contributed by atoms with Gasteiger partial charge >= 0.3 is 12.1 Å². The maximum Gasteiger partial charge on any atom is 0.407 e. The molecule has 0 fully saturated rings.